The Morgan fingerprint density at radius 2 is 1.79 bits per heavy atom. The molecule has 1 saturated heterocycles. The van der Waals surface area contributed by atoms with Gasteiger partial charge >= 0.3 is 5.91 Å². The van der Waals surface area contributed by atoms with Crippen LogP contribution in [-0.2, 0) is 16.0 Å². The second-order valence-electron chi connectivity index (χ2n) is 10.1. The van der Waals surface area contributed by atoms with Crippen molar-refractivity contribution in [3.05, 3.63) is 70.8 Å². The predicted octanol–water partition coefficient (Wildman–Crippen LogP) is 5.67. The monoisotopic (exact) mass is 602 g/mol. The van der Waals surface area contributed by atoms with Crippen molar-refractivity contribution in [1.82, 2.24) is 4.98 Å². The van der Waals surface area contributed by atoms with Crippen LogP contribution in [0.4, 0.5) is 5.13 Å². The molecule has 222 valence electrons. The average Bonchev–Trinajstić information content (AvgIpc) is 3.67. The van der Waals surface area contributed by atoms with E-state index in [9.17, 15) is 14.7 Å². The molecule has 0 unspecified atom stereocenters. The molecular weight excluding hydrogens is 572 g/mol. The molecular formula is C32H30N2O8S. The number of amides is 1. The Labute approximate surface area is 252 Å². The standard InChI is InChI=1S/C32H30N2O8S/c1-6-41-20-8-9-21-25(15-20)43-32(33-21)34-27(19-13-23(38-3)30(40-5)24(14-19)39-4)26(29(36)31(34)37)28(35)17-7-10-22-18(12-17)11-16(2)42-22/h7-10,12-16,27,35H,6,11H2,1-5H3/b28-26+/t16-,27+/m0/s1. The highest BCUT2D eigenvalue weighted by atomic mass is 32.1. The summed E-state index contributed by atoms with van der Waals surface area (Å²) in [6, 6.07) is 13.0. The summed E-state index contributed by atoms with van der Waals surface area (Å²) in [6.07, 6.45) is 0.663. The molecule has 1 N–H and O–H groups in total. The van der Waals surface area contributed by atoms with Crippen LogP contribution in [0.3, 0.4) is 0 Å². The molecule has 2 atom stereocenters. The average molecular weight is 603 g/mol. The highest BCUT2D eigenvalue weighted by Gasteiger charge is 2.49. The summed E-state index contributed by atoms with van der Waals surface area (Å²) in [6.45, 7) is 4.36. The molecule has 0 radical (unpaired) electrons. The number of rotatable bonds is 8. The van der Waals surface area contributed by atoms with Crippen LogP contribution in [0.1, 0.15) is 36.6 Å². The van der Waals surface area contributed by atoms with Gasteiger partial charge in [0, 0.05) is 12.0 Å². The third-order valence-electron chi connectivity index (χ3n) is 7.48. The van der Waals surface area contributed by atoms with Gasteiger partial charge in [-0.05, 0) is 73.5 Å². The maximum absolute atomic E-state index is 13.8. The summed E-state index contributed by atoms with van der Waals surface area (Å²) >= 11 is 1.25. The largest absolute Gasteiger partial charge is 0.507 e. The van der Waals surface area contributed by atoms with Gasteiger partial charge in [-0.3, -0.25) is 14.5 Å². The summed E-state index contributed by atoms with van der Waals surface area (Å²) in [5.74, 6) is 0.449. The van der Waals surface area contributed by atoms with E-state index < -0.39 is 17.7 Å². The van der Waals surface area contributed by atoms with Crippen molar-refractivity contribution in [3.63, 3.8) is 0 Å². The zero-order valence-electron chi connectivity index (χ0n) is 24.3. The van der Waals surface area contributed by atoms with E-state index in [0.29, 0.717) is 57.8 Å². The summed E-state index contributed by atoms with van der Waals surface area (Å²) in [4.78, 5) is 33.6. The second-order valence-corrected chi connectivity index (χ2v) is 11.2. The molecule has 0 saturated carbocycles. The van der Waals surface area contributed by atoms with E-state index in [1.54, 1.807) is 42.5 Å². The van der Waals surface area contributed by atoms with E-state index in [1.807, 2.05) is 19.9 Å². The summed E-state index contributed by atoms with van der Waals surface area (Å²) in [5.41, 5.74) is 2.33. The Kier molecular flexibility index (Phi) is 7.35. The molecule has 1 fully saturated rings. The highest BCUT2D eigenvalue weighted by molar-refractivity contribution is 7.22. The van der Waals surface area contributed by atoms with Crippen molar-refractivity contribution in [2.45, 2.75) is 32.4 Å². The Hall–Kier alpha value is -4.77. The Balaban J connectivity index is 1.56. The predicted molar refractivity (Wildman–Crippen MR) is 162 cm³/mol. The fraction of sp³-hybridized carbons (Fsp3) is 0.281. The van der Waals surface area contributed by atoms with Crippen molar-refractivity contribution >= 4 is 44.1 Å². The highest BCUT2D eigenvalue weighted by Crippen LogP contribution is 2.48. The van der Waals surface area contributed by atoms with E-state index in [-0.39, 0.29) is 17.4 Å². The van der Waals surface area contributed by atoms with Crippen LogP contribution < -0.4 is 28.6 Å². The molecule has 43 heavy (non-hydrogen) atoms. The number of thiazole rings is 1. The summed E-state index contributed by atoms with van der Waals surface area (Å²) in [5, 5.41) is 12.0. The third kappa shape index (κ3) is 4.79. The number of aromatic nitrogens is 1. The van der Waals surface area contributed by atoms with Crippen LogP contribution >= 0.6 is 11.3 Å². The van der Waals surface area contributed by atoms with Gasteiger partial charge in [-0.2, -0.15) is 0 Å². The topological polar surface area (TPSA) is 117 Å². The van der Waals surface area contributed by atoms with E-state index in [0.717, 1.165) is 16.0 Å². The smallest absolute Gasteiger partial charge is 0.301 e. The number of fused-ring (bicyclic) bond motifs is 2. The number of aliphatic hydroxyl groups excluding tert-OH is 1. The molecule has 4 aromatic rings. The molecule has 2 aliphatic rings. The SMILES string of the molecule is CCOc1ccc2nc(N3C(=O)C(=O)/C(=C(/O)c4ccc5c(c4)C[C@H](C)O5)[C@H]3c3cc(OC)c(OC)c(OC)c3)sc2c1. The van der Waals surface area contributed by atoms with Crippen LogP contribution in [-0.4, -0.2) is 55.8 Å². The number of benzene rings is 3. The van der Waals surface area contributed by atoms with Crippen molar-refractivity contribution in [2.75, 3.05) is 32.8 Å². The summed E-state index contributed by atoms with van der Waals surface area (Å²) < 4.78 is 28.9. The number of carbonyl (C=O) groups is 2. The molecule has 0 spiro atoms. The van der Waals surface area contributed by atoms with Gasteiger partial charge in [0.15, 0.2) is 16.6 Å². The Morgan fingerprint density at radius 3 is 2.47 bits per heavy atom. The lowest BCUT2D eigenvalue weighted by atomic mass is 9.94. The van der Waals surface area contributed by atoms with Crippen LogP contribution in [0.5, 0.6) is 28.7 Å². The summed E-state index contributed by atoms with van der Waals surface area (Å²) in [7, 11) is 4.45. The number of hydrogen-bond acceptors (Lipinski definition) is 10. The van der Waals surface area contributed by atoms with Crippen molar-refractivity contribution in [2.24, 2.45) is 0 Å². The molecule has 6 rings (SSSR count). The lowest BCUT2D eigenvalue weighted by Crippen LogP contribution is -2.29. The van der Waals surface area contributed by atoms with Gasteiger partial charge in [0.2, 0.25) is 5.75 Å². The first-order chi connectivity index (χ1) is 20.8. The number of nitrogens with zero attached hydrogens (tertiary/aromatic N) is 2. The van der Waals surface area contributed by atoms with Crippen LogP contribution in [0.25, 0.3) is 16.0 Å². The number of hydrogen-bond donors (Lipinski definition) is 1. The molecule has 2 aliphatic heterocycles. The fourth-order valence-corrected chi connectivity index (χ4v) is 6.60. The quantitative estimate of drug-likeness (QED) is 0.155. The second kappa shape index (κ2) is 11.1. The molecule has 1 amide bonds. The Morgan fingerprint density at radius 1 is 1.05 bits per heavy atom. The molecule has 0 bridgehead atoms. The van der Waals surface area contributed by atoms with Gasteiger partial charge in [0.1, 0.15) is 23.4 Å². The van der Waals surface area contributed by atoms with E-state index in [1.165, 1.54) is 37.6 Å². The normalized spacial score (nSPS) is 19.0. The van der Waals surface area contributed by atoms with Gasteiger partial charge in [0.05, 0.1) is 49.8 Å². The molecule has 11 heteroatoms. The van der Waals surface area contributed by atoms with Gasteiger partial charge in [0.25, 0.3) is 5.78 Å². The number of ketones is 1. The molecule has 3 aromatic carbocycles. The molecule has 1 aromatic heterocycles. The van der Waals surface area contributed by atoms with Crippen molar-refractivity contribution < 1.29 is 38.4 Å². The Bertz CT molecular complexity index is 1770. The van der Waals surface area contributed by atoms with Crippen molar-refractivity contribution in [3.8, 4) is 28.7 Å². The van der Waals surface area contributed by atoms with Gasteiger partial charge in [-0.25, -0.2) is 4.98 Å². The molecule has 3 heterocycles. The number of carbonyl (C=O) groups excluding carboxylic acids is 2. The van der Waals surface area contributed by atoms with E-state index in [4.69, 9.17) is 28.7 Å². The van der Waals surface area contributed by atoms with Gasteiger partial charge in [-0.1, -0.05) is 11.3 Å². The third-order valence-corrected chi connectivity index (χ3v) is 8.50. The lowest BCUT2D eigenvalue weighted by Gasteiger charge is -2.24. The minimum atomic E-state index is -1.05. The van der Waals surface area contributed by atoms with Crippen LogP contribution in [0.2, 0.25) is 0 Å². The molecule has 0 aliphatic carbocycles. The number of ether oxygens (including phenoxy) is 5. The van der Waals surface area contributed by atoms with Gasteiger partial charge < -0.3 is 28.8 Å². The van der Waals surface area contributed by atoms with E-state index in [2.05, 4.69) is 0 Å². The van der Waals surface area contributed by atoms with Gasteiger partial charge in [-0.15, -0.1) is 0 Å². The zero-order valence-corrected chi connectivity index (χ0v) is 25.1. The minimum Gasteiger partial charge on any atom is -0.507 e. The molecule has 10 nitrogen and oxygen atoms in total. The van der Waals surface area contributed by atoms with Crippen LogP contribution in [0.15, 0.2) is 54.1 Å². The number of aliphatic hydroxyl groups is 1. The number of methoxy groups -OCH3 is 3. The lowest BCUT2D eigenvalue weighted by molar-refractivity contribution is -0.132. The van der Waals surface area contributed by atoms with Crippen LogP contribution in [0, 0.1) is 0 Å². The maximum Gasteiger partial charge on any atom is 0.301 e. The first kappa shape index (κ1) is 28.4. The first-order valence-corrected chi connectivity index (χ1v) is 14.5. The van der Waals surface area contributed by atoms with E-state index >= 15 is 0 Å². The maximum atomic E-state index is 13.8. The number of Topliss-reactive ketones (excluding diaryl/α,β-unsaturated/α-hetero) is 1. The fourth-order valence-electron chi connectivity index (χ4n) is 5.58. The van der Waals surface area contributed by atoms with Crippen molar-refractivity contribution in [1.29, 1.82) is 0 Å². The number of anilines is 1. The zero-order chi connectivity index (χ0) is 30.4. The first-order valence-electron chi connectivity index (χ1n) is 13.7. The minimum absolute atomic E-state index is 0.000479.